The van der Waals surface area contributed by atoms with Gasteiger partial charge in [0.1, 0.15) is 0 Å². The standard InChI is InChI=1S/C10H18N4O/c1-7(2)9-10(11)12-13-14(9)5-8-3-4-15-6-8/h7-8H,3-6,11H2,1-2H3. The maximum absolute atomic E-state index is 5.79. The van der Waals surface area contributed by atoms with E-state index in [1.807, 2.05) is 4.68 Å². The summed E-state index contributed by atoms with van der Waals surface area (Å²) in [6.45, 7) is 6.79. The van der Waals surface area contributed by atoms with Gasteiger partial charge in [0, 0.05) is 19.1 Å². The van der Waals surface area contributed by atoms with E-state index >= 15 is 0 Å². The maximum atomic E-state index is 5.79. The van der Waals surface area contributed by atoms with Crippen LogP contribution in [0.3, 0.4) is 0 Å². The molecule has 0 aliphatic carbocycles. The monoisotopic (exact) mass is 210 g/mol. The van der Waals surface area contributed by atoms with E-state index in [2.05, 4.69) is 24.2 Å². The van der Waals surface area contributed by atoms with Crippen LogP contribution in [0.25, 0.3) is 0 Å². The Labute approximate surface area is 89.6 Å². The number of hydrogen-bond donors (Lipinski definition) is 1. The third kappa shape index (κ3) is 2.12. The van der Waals surface area contributed by atoms with Crippen LogP contribution in [-0.4, -0.2) is 28.2 Å². The van der Waals surface area contributed by atoms with Crippen molar-refractivity contribution in [1.82, 2.24) is 15.0 Å². The second-order valence-corrected chi connectivity index (χ2v) is 4.43. The Morgan fingerprint density at radius 2 is 2.40 bits per heavy atom. The summed E-state index contributed by atoms with van der Waals surface area (Å²) in [5, 5.41) is 8.02. The van der Waals surface area contributed by atoms with Crippen molar-refractivity contribution in [3.05, 3.63) is 5.69 Å². The van der Waals surface area contributed by atoms with Crippen molar-refractivity contribution in [2.45, 2.75) is 32.7 Å². The topological polar surface area (TPSA) is 66.0 Å². The summed E-state index contributed by atoms with van der Waals surface area (Å²) >= 11 is 0. The van der Waals surface area contributed by atoms with Gasteiger partial charge in [-0.1, -0.05) is 19.1 Å². The van der Waals surface area contributed by atoms with Crippen molar-refractivity contribution in [2.75, 3.05) is 18.9 Å². The maximum Gasteiger partial charge on any atom is 0.169 e. The van der Waals surface area contributed by atoms with E-state index in [1.54, 1.807) is 0 Å². The van der Waals surface area contributed by atoms with Crippen molar-refractivity contribution in [1.29, 1.82) is 0 Å². The Balaban J connectivity index is 2.13. The van der Waals surface area contributed by atoms with Crippen molar-refractivity contribution >= 4 is 5.82 Å². The van der Waals surface area contributed by atoms with Gasteiger partial charge < -0.3 is 10.5 Å². The van der Waals surface area contributed by atoms with Gasteiger partial charge in [0.15, 0.2) is 5.82 Å². The number of nitrogen functional groups attached to an aromatic ring is 1. The lowest BCUT2D eigenvalue weighted by Gasteiger charge is -2.12. The van der Waals surface area contributed by atoms with Crippen molar-refractivity contribution in [2.24, 2.45) is 5.92 Å². The molecule has 1 aromatic heterocycles. The number of ether oxygens (including phenoxy) is 1. The van der Waals surface area contributed by atoms with Crippen LogP contribution in [0.1, 0.15) is 31.9 Å². The van der Waals surface area contributed by atoms with E-state index in [9.17, 15) is 0 Å². The molecule has 1 saturated heterocycles. The fourth-order valence-corrected chi connectivity index (χ4v) is 2.03. The highest BCUT2D eigenvalue weighted by Gasteiger charge is 2.20. The normalized spacial score (nSPS) is 21.4. The van der Waals surface area contributed by atoms with E-state index in [0.717, 1.165) is 31.9 Å². The van der Waals surface area contributed by atoms with Gasteiger partial charge in [0.25, 0.3) is 0 Å². The minimum absolute atomic E-state index is 0.363. The number of hydrogen-bond acceptors (Lipinski definition) is 4. The molecule has 5 nitrogen and oxygen atoms in total. The van der Waals surface area contributed by atoms with Crippen molar-refractivity contribution < 1.29 is 4.74 Å². The molecule has 0 spiro atoms. The van der Waals surface area contributed by atoms with Gasteiger partial charge in [-0.25, -0.2) is 4.68 Å². The van der Waals surface area contributed by atoms with Gasteiger partial charge in [-0.05, 0) is 12.3 Å². The number of nitrogens with zero attached hydrogens (tertiary/aromatic N) is 3. The molecule has 0 saturated carbocycles. The van der Waals surface area contributed by atoms with Crippen LogP contribution in [0.4, 0.5) is 5.82 Å². The Morgan fingerprint density at radius 1 is 1.60 bits per heavy atom. The molecule has 2 rings (SSSR count). The Hall–Kier alpha value is -1.10. The van der Waals surface area contributed by atoms with Gasteiger partial charge in [-0.3, -0.25) is 0 Å². The molecule has 1 atom stereocenters. The van der Waals surface area contributed by atoms with Crippen LogP contribution >= 0.6 is 0 Å². The SMILES string of the molecule is CC(C)c1c(N)nnn1CC1CCOC1. The van der Waals surface area contributed by atoms with E-state index in [0.29, 0.717) is 17.7 Å². The highest BCUT2D eigenvalue weighted by atomic mass is 16.5. The average molecular weight is 210 g/mol. The molecule has 1 fully saturated rings. The molecule has 2 N–H and O–H groups in total. The fraction of sp³-hybridized carbons (Fsp3) is 0.800. The first kappa shape index (κ1) is 10.4. The lowest BCUT2D eigenvalue weighted by Crippen LogP contribution is -2.15. The predicted molar refractivity (Wildman–Crippen MR) is 57.4 cm³/mol. The number of rotatable bonds is 3. The highest BCUT2D eigenvalue weighted by molar-refractivity contribution is 5.35. The van der Waals surface area contributed by atoms with E-state index in [1.165, 1.54) is 0 Å². The molecule has 0 aromatic carbocycles. The largest absolute Gasteiger partial charge is 0.381 e. The molecular weight excluding hydrogens is 192 g/mol. The first-order chi connectivity index (χ1) is 7.18. The molecule has 1 aliphatic heterocycles. The Bertz CT molecular complexity index is 328. The van der Waals surface area contributed by atoms with Crippen molar-refractivity contribution in [3.8, 4) is 0 Å². The van der Waals surface area contributed by atoms with E-state index in [4.69, 9.17) is 10.5 Å². The summed E-state index contributed by atoms with van der Waals surface area (Å²) in [5.74, 6) is 1.48. The lowest BCUT2D eigenvalue weighted by molar-refractivity contribution is 0.181. The van der Waals surface area contributed by atoms with Crippen molar-refractivity contribution in [3.63, 3.8) is 0 Å². The minimum atomic E-state index is 0.363. The van der Waals surface area contributed by atoms with Crippen LogP contribution in [0.15, 0.2) is 0 Å². The second kappa shape index (κ2) is 4.18. The highest BCUT2D eigenvalue weighted by Crippen LogP contribution is 2.22. The first-order valence-corrected chi connectivity index (χ1v) is 5.45. The molecule has 0 radical (unpaired) electrons. The summed E-state index contributed by atoms with van der Waals surface area (Å²) in [7, 11) is 0. The molecule has 0 amide bonds. The molecule has 1 aliphatic rings. The zero-order chi connectivity index (χ0) is 10.8. The van der Waals surface area contributed by atoms with Crippen LogP contribution in [0, 0.1) is 5.92 Å². The van der Waals surface area contributed by atoms with Crippen LogP contribution < -0.4 is 5.73 Å². The molecule has 2 heterocycles. The fourth-order valence-electron chi connectivity index (χ4n) is 2.03. The lowest BCUT2D eigenvalue weighted by atomic mass is 10.1. The third-order valence-corrected chi connectivity index (χ3v) is 2.80. The summed E-state index contributed by atoms with van der Waals surface area (Å²) < 4.78 is 7.27. The van der Waals surface area contributed by atoms with Crippen LogP contribution in [0.5, 0.6) is 0 Å². The molecular formula is C10H18N4O. The van der Waals surface area contributed by atoms with Gasteiger partial charge in [-0.15, -0.1) is 5.10 Å². The van der Waals surface area contributed by atoms with Gasteiger partial charge in [0.05, 0.1) is 12.3 Å². The van der Waals surface area contributed by atoms with Crippen LogP contribution in [-0.2, 0) is 11.3 Å². The summed E-state index contributed by atoms with van der Waals surface area (Å²) in [5.41, 5.74) is 6.83. The molecule has 84 valence electrons. The zero-order valence-electron chi connectivity index (χ0n) is 9.31. The molecule has 0 bridgehead atoms. The third-order valence-electron chi connectivity index (χ3n) is 2.80. The predicted octanol–water partition coefficient (Wildman–Crippen LogP) is 1.02. The van der Waals surface area contributed by atoms with E-state index < -0.39 is 0 Å². The van der Waals surface area contributed by atoms with Crippen LogP contribution in [0.2, 0.25) is 0 Å². The first-order valence-electron chi connectivity index (χ1n) is 5.45. The zero-order valence-corrected chi connectivity index (χ0v) is 9.31. The average Bonchev–Trinajstić information content (AvgIpc) is 2.76. The van der Waals surface area contributed by atoms with Gasteiger partial charge in [0.2, 0.25) is 0 Å². The molecule has 1 unspecified atom stereocenters. The Morgan fingerprint density at radius 3 is 3.00 bits per heavy atom. The smallest absolute Gasteiger partial charge is 0.169 e. The van der Waals surface area contributed by atoms with E-state index in [-0.39, 0.29) is 0 Å². The van der Waals surface area contributed by atoms with Gasteiger partial charge >= 0.3 is 0 Å². The quantitative estimate of drug-likeness (QED) is 0.809. The molecule has 1 aromatic rings. The number of aromatic nitrogens is 3. The summed E-state index contributed by atoms with van der Waals surface area (Å²) in [6, 6.07) is 0. The summed E-state index contributed by atoms with van der Waals surface area (Å²) in [6.07, 6.45) is 1.11. The summed E-state index contributed by atoms with van der Waals surface area (Å²) in [4.78, 5) is 0. The second-order valence-electron chi connectivity index (χ2n) is 4.43. The number of anilines is 1. The minimum Gasteiger partial charge on any atom is -0.381 e. The number of nitrogens with two attached hydrogens (primary N) is 1. The Kier molecular flexibility index (Phi) is 2.90. The van der Waals surface area contributed by atoms with Gasteiger partial charge in [-0.2, -0.15) is 0 Å². The molecule has 5 heteroatoms. The molecule has 15 heavy (non-hydrogen) atoms.